The van der Waals surface area contributed by atoms with Crippen molar-refractivity contribution in [2.24, 2.45) is 0 Å². The molecule has 0 aliphatic rings. The quantitative estimate of drug-likeness (QED) is 0.611. The molecule has 1 heterocycles. The number of alkyl halides is 1. The lowest BCUT2D eigenvalue weighted by Gasteiger charge is -2.12. The van der Waals surface area contributed by atoms with Crippen LogP contribution in [0.4, 0.5) is 0 Å². The molecule has 3 heteroatoms. The molecule has 0 amide bonds. The first-order chi connectivity index (χ1) is 7.59. The fourth-order valence-corrected chi connectivity index (χ4v) is 4.10. The predicted molar refractivity (Wildman–Crippen MR) is 78.7 cm³/mol. The van der Waals surface area contributed by atoms with Crippen LogP contribution in [-0.4, -0.2) is 0 Å². The summed E-state index contributed by atoms with van der Waals surface area (Å²) >= 11 is 9.27. The van der Waals surface area contributed by atoms with Gasteiger partial charge in [-0.15, -0.1) is 11.3 Å². The Morgan fingerprint density at radius 1 is 1.12 bits per heavy atom. The van der Waals surface area contributed by atoms with Gasteiger partial charge in [0.15, 0.2) is 0 Å². The molecule has 16 heavy (non-hydrogen) atoms. The minimum atomic E-state index is 0.278. The summed E-state index contributed by atoms with van der Waals surface area (Å²) in [5, 5.41) is 0. The zero-order chi connectivity index (χ0) is 11.7. The molecule has 2 aromatic rings. The molecule has 0 N–H and O–H groups in total. The highest BCUT2D eigenvalue weighted by atomic mass is 79.9. The number of benzene rings is 1. The third kappa shape index (κ3) is 2.41. The molecule has 1 aromatic carbocycles. The molecular formula is C13H12Br2S. The third-order valence-corrected chi connectivity index (χ3v) is 5.94. The Morgan fingerprint density at radius 3 is 2.50 bits per heavy atom. The Balaban J connectivity index is 2.41. The molecule has 0 saturated carbocycles. The van der Waals surface area contributed by atoms with Gasteiger partial charge in [0, 0.05) is 14.2 Å². The van der Waals surface area contributed by atoms with Crippen molar-refractivity contribution in [3.8, 4) is 0 Å². The molecule has 0 nitrogen and oxygen atoms in total. The van der Waals surface area contributed by atoms with E-state index in [1.54, 1.807) is 0 Å². The van der Waals surface area contributed by atoms with Crippen LogP contribution in [0, 0.1) is 13.8 Å². The number of thiophene rings is 1. The van der Waals surface area contributed by atoms with Crippen molar-refractivity contribution in [1.29, 1.82) is 0 Å². The molecule has 2 rings (SSSR count). The van der Waals surface area contributed by atoms with Gasteiger partial charge in [0.05, 0.1) is 4.83 Å². The van der Waals surface area contributed by atoms with Gasteiger partial charge < -0.3 is 0 Å². The smallest absolute Gasteiger partial charge is 0.0749 e. The Hall–Kier alpha value is -0.120. The monoisotopic (exact) mass is 358 g/mol. The number of aryl methyl sites for hydroxylation is 2. The molecule has 0 spiro atoms. The van der Waals surface area contributed by atoms with Crippen LogP contribution in [0.15, 0.2) is 34.8 Å². The number of rotatable bonds is 2. The SMILES string of the molecule is Cc1ccc(C(Br)c2cccc(C)c2Br)s1. The molecule has 0 fully saturated rings. The van der Waals surface area contributed by atoms with Crippen molar-refractivity contribution in [2.45, 2.75) is 18.7 Å². The summed E-state index contributed by atoms with van der Waals surface area (Å²) in [7, 11) is 0. The maximum Gasteiger partial charge on any atom is 0.0749 e. The van der Waals surface area contributed by atoms with Crippen LogP contribution >= 0.6 is 43.2 Å². The minimum Gasteiger partial charge on any atom is -0.144 e. The molecule has 0 saturated heterocycles. The minimum absolute atomic E-state index is 0.278. The van der Waals surface area contributed by atoms with Gasteiger partial charge in [0.2, 0.25) is 0 Å². The van der Waals surface area contributed by atoms with Crippen molar-refractivity contribution in [3.63, 3.8) is 0 Å². The molecule has 1 atom stereocenters. The van der Waals surface area contributed by atoms with E-state index in [9.17, 15) is 0 Å². The second kappa shape index (κ2) is 5.03. The first-order valence-electron chi connectivity index (χ1n) is 5.05. The Kier molecular flexibility index (Phi) is 3.88. The van der Waals surface area contributed by atoms with Crippen molar-refractivity contribution in [3.05, 3.63) is 55.7 Å². The highest BCUT2D eigenvalue weighted by Gasteiger charge is 2.15. The third-order valence-electron chi connectivity index (χ3n) is 2.51. The highest BCUT2D eigenvalue weighted by molar-refractivity contribution is 9.11. The maximum absolute atomic E-state index is 3.77. The number of hydrogen-bond donors (Lipinski definition) is 0. The largest absolute Gasteiger partial charge is 0.144 e. The molecule has 0 radical (unpaired) electrons. The highest BCUT2D eigenvalue weighted by Crippen LogP contribution is 2.39. The maximum atomic E-state index is 3.77. The lowest BCUT2D eigenvalue weighted by molar-refractivity contribution is 1.19. The van der Waals surface area contributed by atoms with Gasteiger partial charge in [-0.1, -0.05) is 50.1 Å². The predicted octanol–water partition coefficient (Wildman–Crippen LogP) is 5.61. The van der Waals surface area contributed by atoms with E-state index < -0.39 is 0 Å². The first-order valence-corrected chi connectivity index (χ1v) is 7.57. The van der Waals surface area contributed by atoms with E-state index >= 15 is 0 Å². The summed E-state index contributed by atoms with van der Waals surface area (Å²) < 4.78 is 1.20. The molecular weight excluding hydrogens is 348 g/mol. The normalized spacial score (nSPS) is 12.8. The van der Waals surface area contributed by atoms with Crippen molar-refractivity contribution >= 4 is 43.2 Å². The summed E-state index contributed by atoms with van der Waals surface area (Å²) in [5.41, 5.74) is 2.57. The van der Waals surface area contributed by atoms with E-state index in [0.717, 1.165) is 0 Å². The van der Waals surface area contributed by atoms with Gasteiger partial charge in [-0.25, -0.2) is 0 Å². The Labute approximate surface area is 117 Å². The second-order valence-electron chi connectivity index (χ2n) is 3.79. The van der Waals surface area contributed by atoms with Gasteiger partial charge in [-0.3, -0.25) is 0 Å². The summed E-state index contributed by atoms with van der Waals surface area (Å²) in [4.78, 5) is 2.98. The van der Waals surface area contributed by atoms with Gasteiger partial charge in [0.1, 0.15) is 0 Å². The van der Waals surface area contributed by atoms with E-state index in [-0.39, 0.29) is 4.83 Å². The average molecular weight is 360 g/mol. The van der Waals surface area contributed by atoms with Gasteiger partial charge in [0.25, 0.3) is 0 Å². The van der Waals surface area contributed by atoms with Crippen LogP contribution in [-0.2, 0) is 0 Å². The van der Waals surface area contributed by atoms with E-state index in [1.807, 2.05) is 11.3 Å². The molecule has 84 valence electrons. The lowest BCUT2D eigenvalue weighted by atomic mass is 10.1. The van der Waals surface area contributed by atoms with Crippen LogP contribution in [0.25, 0.3) is 0 Å². The van der Waals surface area contributed by atoms with E-state index in [1.165, 1.54) is 25.4 Å². The molecule has 1 aromatic heterocycles. The fraction of sp³-hybridized carbons (Fsp3) is 0.231. The van der Waals surface area contributed by atoms with Gasteiger partial charge >= 0.3 is 0 Å². The average Bonchev–Trinajstić information content (AvgIpc) is 2.68. The van der Waals surface area contributed by atoms with Crippen LogP contribution in [0.3, 0.4) is 0 Å². The van der Waals surface area contributed by atoms with E-state index in [2.05, 4.69) is 76.0 Å². The topological polar surface area (TPSA) is 0 Å². The Bertz CT molecular complexity index is 502. The number of hydrogen-bond acceptors (Lipinski definition) is 1. The van der Waals surface area contributed by atoms with Crippen molar-refractivity contribution in [2.75, 3.05) is 0 Å². The summed E-state index contributed by atoms with van der Waals surface area (Å²) in [6, 6.07) is 10.7. The first kappa shape index (κ1) is 12.3. The molecule has 0 aliphatic carbocycles. The summed E-state index contributed by atoms with van der Waals surface area (Å²) in [6.07, 6.45) is 0. The Morgan fingerprint density at radius 2 is 1.88 bits per heavy atom. The van der Waals surface area contributed by atoms with Crippen LogP contribution in [0.5, 0.6) is 0 Å². The molecule has 0 aliphatic heterocycles. The molecule has 1 unspecified atom stereocenters. The lowest BCUT2D eigenvalue weighted by Crippen LogP contribution is -1.92. The van der Waals surface area contributed by atoms with Crippen molar-refractivity contribution in [1.82, 2.24) is 0 Å². The van der Waals surface area contributed by atoms with Crippen LogP contribution in [0.2, 0.25) is 0 Å². The van der Waals surface area contributed by atoms with Gasteiger partial charge in [-0.2, -0.15) is 0 Å². The van der Waals surface area contributed by atoms with Crippen molar-refractivity contribution < 1.29 is 0 Å². The zero-order valence-corrected chi connectivity index (χ0v) is 13.1. The summed E-state index contributed by atoms with van der Waals surface area (Å²) in [5.74, 6) is 0. The van der Waals surface area contributed by atoms with Gasteiger partial charge in [-0.05, 0) is 37.1 Å². The standard InChI is InChI=1S/C13H12Br2S/c1-8-4-3-5-10(12(8)14)13(15)11-7-6-9(2)16-11/h3-7,13H,1-2H3. The van der Waals surface area contributed by atoms with Crippen LogP contribution < -0.4 is 0 Å². The van der Waals surface area contributed by atoms with E-state index in [4.69, 9.17) is 0 Å². The summed E-state index contributed by atoms with van der Waals surface area (Å²) in [6.45, 7) is 4.26. The second-order valence-corrected chi connectivity index (χ2v) is 6.82. The number of halogens is 2. The van der Waals surface area contributed by atoms with E-state index in [0.29, 0.717) is 0 Å². The zero-order valence-electron chi connectivity index (χ0n) is 9.13. The fourth-order valence-electron chi connectivity index (χ4n) is 1.61. The van der Waals surface area contributed by atoms with Crippen LogP contribution in [0.1, 0.15) is 25.7 Å². The molecule has 0 bridgehead atoms.